The molecule has 2 rings (SSSR count). The van der Waals surface area contributed by atoms with E-state index in [2.05, 4.69) is 17.1 Å². The van der Waals surface area contributed by atoms with Crippen LogP contribution in [0.2, 0.25) is 0 Å². The molecule has 0 aromatic heterocycles. The molecule has 1 unspecified atom stereocenters. The van der Waals surface area contributed by atoms with Gasteiger partial charge in [-0.2, -0.15) is 0 Å². The third kappa shape index (κ3) is 4.92. The second-order valence-corrected chi connectivity index (χ2v) is 5.48. The third-order valence-corrected chi connectivity index (χ3v) is 3.87. The second-order valence-electron chi connectivity index (χ2n) is 5.48. The Labute approximate surface area is 116 Å². The van der Waals surface area contributed by atoms with Gasteiger partial charge < -0.3 is 10.2 Å². The van der Waals surface area contributed by atoms with Gasteiger partial charge in [-0.25, -0.2) is 4.39 Å². The minimum absolute atomic E-state index is 0.159. The smallest absolute Gasteiger partial charge is 0.123 e. The van der Waals surface area contributed by atoms with Gasteiger partial charge in [0.05, 0.1) is 0 Å². The number of nitrogens with zero attached hydrogens (tertiary/aromatic N) is 1. The first-order chi connectivity index (χ1) is 9.28. The van der Waals surface area contributed by atoms with Crippen molar-refractivity contribution in [3.8, 4) is 0 Å². The fourth-order valence-electron chi connectivity index (χ4n) is 2.76. The van der Waals surface area contributed by atoms with Gasteiger partial charge in [0.1, 0.15) is 5.82 Å². The van der Waals surface area contributed by atoms with Crippen LogP contribution in [0, 0.1) is 5.82 Å². The van der Waals surface area contributed by atoms with Crippen molar-refractivity contribution in [1.29, 1.82) is 0 Å². The van der Waals surface area contributed by atoms with Gasteiger partial charge in [-0.1, -0.05) is 19.1 Å². The maximum absolute atomic E-state index is 12.8. The minimum atomic E-state index is -0.159. The van der Waals surface area contributed by atoms with E-state index in [1.807, 2.05) is 12.1 Å². The molecule has 1 aliphatic heterocycles. The van der Waals surface area contributed by atoms with E-state index >= 15 is 0 Å². The number of hydrogen-bond acceptors (Lipinski definition) is 2. The lowest BCUT2D eigenvalue weighted by Gasteiger charge is -2.19. The van der Waals surface area contributed by atoms with E-state index in [4.69, 9.17) is 0 Å². The van der Waals surface area contributed by atoms with Crippen molar-refractivity contribution in [1.82, 2.24) is 10.2 Å². The number of benzene rings is 1. The molecule has 1 heterocycles. The average Bonchev–Trinajstić information content (AvgIpc) is 2.64. The SMILES string of the molecule is CCCN1CCCC(NCc2ccc(F)cc2)CC1. The van der Waals surface area contributed by atoms with Gasteiger partial charge in [0, 0.05) is 12.6 Å². The molecule has 1 aromatic rings. The molecule has 0 bridgehead atoms. The Hall–Kier alpha value is -0.930. The van der Waals surface area contributed by atoms with Crippen LogP contribution in [0.4, 0.5) is 4.39 Å². The number of nitrogens with one attached hydrogen (secondary N) is 1. The summed E-state index contributed by atoms with van der Waals surface area (Å²) in [6, 6.07) is 7.40. The predicted molar refractivity (Wildman–Crippen MR) is 77.6 cm³/mol. The van der Waals surface area contributed by atoms with Gasteiger partial charge in [-0.05, 0) is 63.0 Å². The maximum atomic E-state index is 12.8. The zero-order chi connectivity index (χ0) is 13.5. The summed E-state index contributed by atoms with van der Waals surface area (Å²) >= 11 is 0. The highest BCUT2D eigenvalue weighted by Crippen LogP contribution is 2.12. The normalized spacial score (nSPS) is 21.3. The van der Waals surface area contributed by atoms with E-state index < -0.39 is 0 Å². The Morgan fingerprint density at radius 2 is 2.00 bits per heavy atom. The zero-order valence-electron chi connectivity index (χ0n) is 11.9. The Bertz CT molecular complexity index is 364. The molecule has 1 atom stereocenters. The largest absolute Gasteiger partial charge is 0.310 e. The standard InChI is InChI=1S/C16H25FN2/c1-2-10-19-11-3-4-16(9-12-19)18-13-14-5-7-15(17)8-6-14/h5-8,16,18H,2-4,9-13H2,1H3. The molecule has 0 spiro atoms. The van der Waals surface area contributed by atoms with E-state index in [0.717, 1.165) is 12.1 Å². The molecule has 3 heteroatoms. The van der Waals surface area contributed by atoms with Gasteiger partial charge in [0.15, 0.2) is 0 Å². The second kappa shape index (κ2) is 7.61. The van der Waals surface area contributed by atoms with Crippen LogP contribution in [0.3, 0.4) is 0 Å². The van der Waals surface area contributed by atoms with Crippen LogP contribution in [-0.2, 0) is 6.54 Å². The molecule has 19 heavy (non-hydrogen) atoms. The summed E-state index contributed by atoms with van der Waals surface area (Å²) < 4.78 is 12.8. The summed E-state index contributed by atoms with van der Waals surface area (Å²) in [5.74, 6) is -0.159. The van der Waals surface area contributed by atoms with Gasteiger partial charge in [0.2, 0.25) is 0 Å². The average molecular weight is 264 g/mol. The molecular formula is C16H25FN2. The molecule has 1 saturated heterocycles. The lowest BCUT2D eigenvalue weighted by molar-refractivity contribution is 0.282. The summed E-state index contributed by atoms with van der Waals surface area (Å²) in [5, 5.41) is 3.61. The summed E-state index contributed by atoms with van der Waals surface area (Å²) in [7, 11) is 0. The molecule has 1 aliphatic rings. The zero-order valence-corrected chi connectivity index (χ0v) is 11.9. The number of rotatable bonds is 5. The summed E-state index contributed by atoms with van der Waals surface area (Å²) in [5.41, 5.74) is 1.16. The molecule has 0 saturated carbocycles. The molecule has 1 N–H and O–H groups in total. The highest BCUT2D eigenvalue weighted by Gasteiger charge is 2.15. The van der Waals surface area contributed by atoms with Crippen LogP contribution in [0.25, 0.3) is 0 Å². The quantitative estimate of drug-likeness (QED) is 0.878. The fourth-order valence-corrected chi connectivity index (χ4v) is 2.76. The summed E-state index contributed by atoms with van der Waals surface area (Å²) in [4.78, 5) is 2.57. The van der Waals surface area contributed by atoms with Crippen molar-refractivity contribution in [3.05, 3.63) is 35.6 Å². The molecule has 1 fully saturated rings. The summed E-state index contributed by atoms with van der Waals surface area (Å²) in [6.07, 6.45) is 5.00. The lowest BCUT2D eigenvalue weighted by Crippen LogP contribution is -2.30. The minimum Gasteiger partial charge on any atom is -0.310 e. The van der Waals surface area contributed by atoms with Crippen molar-refractivity contribution < 1.29 is 4.39 Å². The van der Waals surface area contributed by atoms with Crippen LogP contribution < -0.4 is 5.32 Å². The van der Waals surface area contributed by atoms with E-state index in [1.165, 1.54) is 57.5 Å². The topological polar surface area (TPSA) is 15.3 Å². The lowest BCUT2D eigenvalue weighted by atomic mass is 10.1. The van der Waals surface area contributed by atoms with Crippen molar-refractivity contribution in [2.45, 2.75) is 45.2 Å². The highest BCUT2D eigenvalue weighted by molar-refractivity contribution is 5.15. The predicted octanol–water partition coefficient (Wildman–Crippen LogP) is 3.18. The first-order valence-corrected chi connectivity index (χ1v) is 7.48. The van der Waals surface area contributed by atoms with E-state index in [-0.39, 0.29) is 5.82 Å². The third-order valence-electron chi connectivity index (χ3n) is 3.87. The molecule has 0 radical (unpaired) electrons. The van der Waals surface area contributed by atoms with Gasteiger partial charge >= 0.3 is 0 Å². The Balaban J connectivity index is 1.75. The van der Waals surface area contributed by atoms with E-state index in [9.17, 15) is 4.39 Å². The molecular weight excluding hydrogens is 239 g/mol. The highest BCUT2D eigenvalue weighted by atomic mass is 19.1. The summed E-state index contributed by atoms with van der Waals surface area (Å²) in [6.45, 7) is 6.76. The van der Waals surface area contributed by atoms with Crippen molar-refractivity contribution in [3.63, 3.8) is 0 Å². The van der Waals surface area contributed by atoms with Gasteiger partial charge in [-0.3, -0.25) is 0 Å². The maximum Gasteiger partial charge on any atom is 0.123 e. The van der Waals surface area contributed by atoms with E-state index in [0.29, 0.717) is 6.04 Å². The van der Waals surface area contributed by atoms with Crippen LogP contribution in [0.15, 0.2) is 24.3 Å². The van der Waals surface area contributed by atoms with Crippen LogP contribution in [-0.4, -0.2) is 30.6 Å². The first kappa shape index (κ1) is 14.5. The van der Waals surface area contributed by atoms with Crippen molar-refractivity contribution in [2.24, 2.45) is 0 Å². The number of halogens is 1. The fraction of sp³-hybridized carbons (Fsp3) is 0.625. The number of likely N-dealkylation sites (tertiary alicyclic amines) is 1. The first-order valence-electron chi connectivity index (χ1n) is 7.48. The van der Waals surface area contributed by atoms with Gasteiger partial charge in [0.25, 0.3) is 0 Å². The monoisotopic (exact) mass is 264 g/mol. The molecule has 2 nitrogen and oxygen atoms in total. The molecule has 106 valence electrons. The van der Waals surface area contributed by atoms with Crippen LogP contribution in [0.1, 0.15) is 38.2 Å². The Morgan fingerprint density at radius 1 is 1.21 bits per heavy atom. The van der Waals surface area contributed by atoms with Crippen molar-refractivity contribution >= 4 is 0 Å². The molecule has 0 amide bonds. The molecule has 1 aromatic carbocycles. The van der Waals surface area contributed by atoms with Crippen LogP contribution >= 0.6 is 0 Å². The van der Waals surface area contributed by atoms with Gasteiger partial charge in [-0.15, -0.1) is 0 Å². The van der Waals surface area contributed by atoms with Crippen molar-refractivity contribution in [2.75, 3.05) is 19.6 Å². The van der Waals surface area contributed by atoms with E-state index in [1.54, 1.807) is 0 Å². The Morgan fingerprint density at radius 3 is 2.74 bits per heavy atom. The Kier molecular flexibility index (Phi) is 5.80. The molecule has 0 aliphatic carbocycles. The number of hydrogen-bond donors (Lipinski definition) is 1. The van der Waals surface area contributed by atoms with Crippen LogP contribution in [0.5, 0.6) is 0 Å².